The molecule has 27 heavy (non-hydrogen) atoms. The second kappa shape index (κ2) is 8.50. The standard InChI is InChI=1S/C19H23N5O3/c1-20-17-9-13(5-6-21-17)14-8-16(19(26)22-10-14)23-15-11-24(12-15)18(25)4-3-7-27-2/h3-6,8-10,15,23H,7,11-12H2,1-2H3,(H,20,21)(H,22,26). The molecule has 0 spiro atoms. The van der Waals surface area contributed by atoms with Crippen molar-refractivity contribution in [1.29, 1.82) is 0 Å². The molecule has 0 radical (unpaired) electrons. The number of aromatic amines is 1. The Morgan fingerprint density at radius 3 is 2.96 bits per heavy atom. The summed E-state index contributed by atoms with van der Waals surface area (Å²) in [5.74, 6) is 0.701. The van der Waals surface area contributed by atoms with E-state index in [1.165, 1.54) is 6.08 Å². The third kappa shape index (κ3) is 4.53. The summed E-state index contributed by atoms with van der Waals surface area (Å²) < 4.78 is 4.88. The first-order valence-corrected chi connectivity index (χ1v) is 8.68. The molecule has 1 saturated heterocycles. The van der Waals surface area contributed by atoms with Crippen LogP contribution in [0.3, 0.4) is 0 Å². The molecule has 2 aromatic rings. The minimum Gasteiger partial charge on any atom is -0.381 e. The number of carbonyl (C=O) groups is 1. The Morgan fingerprint density at radius 1 is 1.41 bits per heavy atom. The van der Waals surface area contributed by atoms with Crippen LogP contribution in [0, 0.1) is 0 Å². The highest BCUT2D eigenvalue weighted by molar-refractivity contribution is 5.88. The number of hydrogen-bond donors (Lipinski definition) is 3. The number of aromatic nitrogens is 2. The molecular weight excluding hydrogens is 346 g/mol. The molecule has 1 aliphatic rings. The van der Waals surface area contributed by atoms with Crippen LogP contribution in [-0.4, -0.2) is 60.7 Å². The predicted octanol–water partition coefficient (Wildman–Crippen LogP) is 1.30. The highest BCUT2D eigenvalue weighted by Gasteiger charge is 2.29. The fourth-order valence-electron chi connectivity index (χ4n) is 2.82. The first kappa shape index (κ1) is 18.7. The molecule has 0 aromatic carbocycles. The molecule has 8 heteroatoms. The number of nitrogens with zero attached hydrogens (tertiary/aromatic N) is 2. The van der Waals surface area contributed by atoms with Crippen LogP contribution < -0.4 is 16.2 Å². The van der Waals surface area contributed by atoms with Gasteiger partial charge in [0.25, 0.3) is 5.56 Å². The fraction of sp³-hybridized carbons (Fsp3) is 0.316. The van der Waals surface area contributed by atoms with Crippen LogP contribution in [0.2, 0.25) is 0 Å². The highest BCUT2D eigenvalue weighted by Crippen LogP contribution is 2.22. The van der Waals surface area contributed by atoms with E-state index in [0.29, 0.717) is 25.4 Å². The average Bonchev–Trinajstić information content (AvgIpc) is 2.65. The van der Waals surface area contributed by atoms with Gasteiger partial charge in [-0.25, -0.2) is 4.98 Å². The number of H-pyrrole nitrogens is 1. The molecule has 1 amide bonds. The van der Waals surface area contributed by atoms with E-state index in [-0.39, 0.29) is 17.5 Å². The van der Waals surface area contributed by atoms with Crippen LogP contribution in [0.25, 0.3) is 11.1 Å². The van der Waals surface area contributed by atoms with Crippen molar-refractivity contribution in [2.45, 2.75) is 6.04 Å². The Hall–Kier alpha value is -3.13. The number of carbonyl (C=O) groups excluding carboxylic acids is 1. The minimum absolute atomic E-state index is 0.0476. The van der Waals surface area contributed by atoms with E-state index in [0.717, 1.165) is 16.9 Å². The van der Waals surface area contributed by atoms with Gasteiger partial charge in [-0.1, -0.05) is 6.08 Å². The van der Waals surface area contributed by atoms with Crippen molar-refractivity contribution in [1.82, 2.24) is 14.9 Å². The molecule has 0 saturated carbocycles. The molecule has 3 N–H and O–H groups in total. The Labute approximate surface area is 157 Å². The molecule has 142 valence electrons. The van der Waals surface area contributed by atoms with E-state index in [2.05, 4.69) is 20.6 Å². The Balaban J connectivity index is 1.65. The van der Waals surface area contributed by atoms with Crippen molar-refractivity contribution in [2.75, 3.05) is 44.5 Å². The number of ether oxygens (including phenoxy) is 1. The fourth-order valence-corrected chi connectivity index (χ4v) is 2.82. The molecular formula is C19H23N5O3. The predicted molar refractivity (Wildman–Crippen MR) is 105 cm³/mol. The zero-order valence-electron chi connectivity index (χ0n) is 15.4. The number of methoxy groups -OCH3 is 1. The maximum Gasteiger partial charge on any atom is 0.271 e. The average molecular weight is 369 g/mol. The lowest BCUT2D eigenvalue weighted by Gasteiger charge is -2.39. The van der Waals surface area contributed by atoms with E-state index in [4.69, 9.17) is 4.74 Å². The SMILES string of the molecule is CNc1cc(-c2c[nH]c(=O)c(NC3CN(C(=O)C=CCOC)C3)c2)ccn1. The largest absolute Gasteiger partial charge is 0.381 e. The van der Waals surface area contributed by atoms with Crippen molar-refractivity contribution in [3.63, 3.8) is 0 Å². The lowest BCUT2D eigenvalue weighted by atomic mass is 10.1. The summed E-state index contributed by atoms with van der Waals surface area (Å²) in [5, 5.41) is 6.22. The summed E-state index contributed by atoms with van der Waals surface area (Å²) in [4.78, 5) is 32.8. The molecule has 0 aliphatic carbocycles. The molecule has 8 nitrogen and oxygen atoms in total. The van der Waals surface area contributed by atoms with Gasteiger partial charge in [-0.3, -0.25) is 9.59 Å². The number of rotatable bonds is 7. The van der Waals surface area contributed by atoms with Gasteiger partial charge in [0.2, 0.25) is 5.91 Å². The normalized spacial score (nSPS) is 14.2. The monoisotopic (exact) mass is 369 g/mol. The summed E-state index contributed by atoms with van der Waals surface area (Å²) in [6.45, 7) is 1.52. The number of anilines is 2. The highest BCUT2D eigenvalue weighted by atomic mass is 16.5. The molecule has 0 atom stereocenters. The van der Waals surface area contributed by atoms with Crippen molar-refractivity contribution in [2.24, 2.45) is 0 Å². The maximum atomic E-state index is 12.1. The number of amides is 1. The van der Waals surface area contributed by atoms with Crippen LogP contribution in [0.1, 0.15) is 0 Å². The zero-order chi connectivity index (χ0) is 19.2. The Kier molecular flexibility index (Phi) is 5.87. The molecule has 0 bridgehead atoms. The summed E-state index contributed by atoms with van der Waals surface area (Å²) in [6, 6.07) is 5.66. The Morgan fingerprint density at radius 2 is 2.22 bits per heavy atom. The van der Waals surface area contributed by atoms with Gasteiger partial charge in [-0.2, -0.15) is 0 Å². The van der Waals surface area contributed by atoms with Gasteiger partial charge in [0, 0.05) is 51.3 Å². The van der Waals surface area contributed by atoms with Crippen LogP contribution in [0.5, 0.6) is 0 Å². The third-order valence-corrected chi connectivity index (χ3v) is 4.33. The lowest BCUT2D eigenvalue weighted by molar-refractivity contribution is -0.129. The van der Waals surface area contributed by atoms with E-state index < -0.39 is 0 Å². The van der Waals surface area contributed by atoms with E-state index in [1.54, 1.807) is 37.5 Å². The van der Waals surface area contributed by atoms with E-state index >= 15 is 0 Å². The van der Waals surface area contributed by atoms with Gasteiger partial charge in [-0.15, -0.1) is 0 Å². The summed E-state index contributed by atoms with van der Waals surface area (Å²) in [6.07, 6.45) is 6.59. The van der Waals surface area contributed by atoms with Crippen molar-refractivity contribution in [3.8, 4) is 11.1 Å². The second-order valence-electron chi connectivity index (χ2n) is 6.25. The minimum atomic E-state index is -0.189. The number of likely N-dealkylation sites (tertiary alicyclic amines) is 1. The summed E-state index contributed by atoms with van der Waals surface area (Å²) in [7, 11) is 3.38. The summed E-state index contributed by atoms with van der Waals surface area (Å²) in [5.41, 5.74) is 2.13. The second-order valence-corrected chi connectivity index (χ2v) is 6.25. The van der Waals surface area contributed by atoms with Crippen LogP contribution in [-0.2, 0) is 9.53 Å². The molecule has 3 heterocycles. The topological polar surface area (TPSA) is 99.4 Å². The van der Waals surface area contributed by atoms with Gasteiger partial charge in [0.15, 0.2) is 0 Å². The van der Waals surface area contributed by atoms with Crippen molar-refractivity contribution >= 4 is 17.4 Å². The van der Waals surface area contributed by atoms with Gasteiger partial charge >= 0.3 is 0 Å². The number of nitrogens with one attached hydrogen (secondary N) is 3. The summed E-state index contributed by atoms with van der Waals surface area (Å²) >= 11 is 0. The molecule has 3 rings (SSSR count). The van der Waals surface area contributed by atoms with Crippen molar-refractivity contribution < 1.29 is 9.53 Å². The third-order valence-electron chi connectivity index (χ3n) is 4.33. The van der Waals surface area contributed by atoms with Crippen molar-refractivity contribution in [3.05, 3.63) is 53.1 Å². The molecule has 1 fully saturated rings. The zero-order valence-corrected chi connectivity index (χ0v) is 15.4. The number of hydrogen-bond acceptors (Lipinski definition) is 6. The van der Waals surface area contributed by atoms with Gasteiger partial charge in [0.1, 0.15) is 11.5 Å². The van der Waals surface area contributed by atoms with Crippen LogP contribution in [0.15, 0.2) is 47.5 Å². The molecule has 0 unspecified atom stereocenters. The first-order chi connectivity index (χ1) is 13.1. The maximum absolute atomic E-state index is 12.1. The quantitative estimate of drug-likeness (QED) is 0.637. The first-order valence-electron chi connectivity index (χ1n) is 8.68. The Bertz CT molecular complexity index is 887. The van der Waals surface area contributed by atoms with Crippen LogP contribution in [0.4, 0.5) is 11.5 Å². The van der Waals surface area contributed by atoms with Gasteiger partial charge < -0.3 is 25.3 Å². The van der Waals surface area contributed by atoms with E-state index in [1.807, 2.05) is 18.2 Å². The smallest absolute Gasteiger partial charge is 0.271 e. The molecule has 1 aliphatic heterocycles. The van der Waals surface area contributed by atoms with Gasteiger partial charge in [0.05, 0.1) is 12.6 Å². The lowest BCUT2D eigenvalue weighted by Crippen LogP contribution is -2.57. The number of pyridine rings is 2. The van der Waals surface area contributed by atoms with E-state index in [9.17, 15) is 9.59 Å². The van der Waals surface area contributed by atoms with Gasteiger partial charge in [-0.05, 0) is 23.8 Å². The van der Waals surface area contributed by atoms with Crippen LogP contribution >= 0.6 is 0 Å². The molecule has 2 aromatic heterocycles.